The Balaban J connectivity index is 1.26. The number of hydrogen-bond donors (Lipinski definition) is 5. The number of fused-ring (bicyclic) bond motifs is 1. The van der Waals surface area contributed by atoms with Crippen LogP contribution in [0.2, 0.25) is 0 Å². The maximum absolute atomic E-state index is 13.3. The van der Waals surface area contributed by atoms with Crippen molar-refractivity contribution in [3.63, 3.8) is 0 Å². The van der Waals surface area contributed by atoms with Crippen LogP contribution in [-0.4, -0.2) is 191 Å². The Hall–Kier alpha value is -5.63. The van der Waals surface area contributed by atoms with Crippen molar-refractivity contribution in [3.05, 3.63) is 59.7 Å². The first-order chi connectivity index (χ1) is 27.3. The average molecular weight is 798 g/mol. The Bertz CT molecular complexity index is 1690. The topological polar surface area (TPSA) is 241 Å². The molecular weight excluding hydrogens is 746 g/mol. The first-order valence-electron chi connectivity index (χ1n) is 18.7. The molecule has 310 valence electrons. The third kappa shape index (κ3) is 15.1. The lowest BCUT2D eigenvalue weighted by Crippen LogP contribution is -2.49. The number of para-hydroxylation sites is 1. The van der Waals surface area contributed by atoms with Crippen molar-refractivity contribution in [2.24, 2.45) is 0 Å². The van der Waals surface area contributed by atoms with Gasteiger partial charge in [0.05, 0.1) is 57.0 Å². The molecule has 0 aliphatic carbocycles. The molecule has 0 atom stereocenters. The van der Waals surface area contributed by atoms with Gasteiger partial charge in [-0.2, -0.15) is 0 Å². The zero-order valence-electron chi connectivity index (χ0n) is 31.8. The maximum Gasteiger partial charge on any atom is 0.317 e. The Kier molecular flexibility index (Phi) is 17.2. The molecule has 19 nitrogen and oxygen atoms in total. The number of hydrogen-bond acceptors (Lipinski definition) is 12. The fourth-order valence-corrected chi connectivity index (χ4v) is 6.51. The summed E-state index contributed by atoms with van der Waals surface area (Å²) in [5, 5.41) is 40.2. The number of aliphatic carboxylic acids is 4. The van der Waals surface area contributed by atoms with Gasteiger partial charge in [-0.05, 0) is 36.2 Å². The SMILES string of the molecule is O=C(O)CCN1CC(=O)N(Cc2ccc(OCCCNC(=O)CN3CCN(CC(=O)O)CCN(CC(=O)O)CCN(CC(=O)O)CC3)cc2)c2ccccc2C1=O. The minimum atomic E-state index is -1.06. The summed E-state index contributed by atoms with van der Waals surface area (Å²) in [6.45, 7) is 2.13. The van der Waals surface area contributed by atoms with E-state index in [9.17, 15) is 48.9 Å². The van der Waals surface area contributed by atoms with Crippen molar-refractivity contribution in [1.82, 2.24) is 29.8 Å². The Morgan fingerprint density at radius 1 is 0.649 bits per heavy atom. The van der Waals surface area contributed by atoms with Crippen molar-refractivity contribution < 1.29 is 58.7 Å². The second kappa shape index (κ2) is 22.2. The van der Waals surface area contributed by atoms with E-state index < -0.39 is 29.8 Å². The van der Waals surface area contributed by atoms with Gasteiger partial charge in [0.15, 0.2) is 0 Å². The normalized spacial score (nSPS) is 16.8. The summed E-state index contributed by atoms with van der Waals surface area (Å²) in [5.74, 6) is -4.58. The van der Waals surface area contributed by atoms with Gasteiger partial charge in [0.1, 0.15) is 12.3 Å². The molecule has 5 N–H and O–H groups in total. The minimum Gasteiger partial charge on any atom is -0.494 e. The van der Waals surface area contributed by atoms with E-state index in [1.165, 1.54) is 9.80 Å². The molecule has 2 aromatic rings. The predicted octanol–water partition coefficient (Wildman–Crippen LogP) is -0.489. The van der Waals surface area contributed by atoms with E-state index in [0.717, 1.165) is 5.56 Å². The van der Waals surface area contributed by atoms with Crippen LogP contribution in [-0.2, 0) is 35.3 Å². The Morgan fingerprint density at radius 3 is 1.67 bits per heavy atom. The van der Waals surface area contributed by atoms with Crippen LogP contribution in [0, 0.1) is 0 Å². The van der Waals surface area contributed by atoms with Gasteiger partial charge >= 0.3 is 23.9 Å². The van der Waals surface area contributed by atoms with Crippen LogP contribution in [0.25, 0.3) is 0 Å². The van der Waals surface area contributed by atoms with Gasteiger partial charge in [-0.1, -0.05) is 24.3 Å². The number of nitrogens with one attached hydrogen (secondary N) is 1. The lowest BCUT2D eigenvalue weighted by Gasteiger charge is -2.32. The molecule has 4 rings (SSSR count). The van der Waals surface area contributed by atoms with Crippen molar-refractivity contribution >= 4 is 47.3 Å². The summed E-state index contributed by atoms with van der Waals surface area (Å²) in [6, 6.07) is 13.9. The molecule has 0 unspecified atom stereocenters. The van der Waals surface area contributed by atoms with Crippen molar-refractivity contribution in [2.75, 3.05) is 110 Å². The summed E-state index contributed by atoms with van der Waals surface area (Å²) < 4.78 is 5.86. The number of amides is 3. The quantitative estimate of drug-likeness (QED) is 0.120. The van der Waals surface area contributed by atoms with Crippen LogP contribution < -0.4 is 15.0 Å². The average Bonchev–Trinajstić information content (AvgIpc) is 3.25. The molecule has 0 bridgehead atoms. The largest absolute Gasteiger partial charge is 0.494 e. The standard InChI is InChI=1S/C38H51N7O12/c46-32(23-40-13-15-41(25-35(50)51)17-19-43(27-37(54)55)20-18-42(16-14-40)26-36(52)53)39-11-3-21-57-29-8-6-28(7-9-29)22-45-31-5-2-1-4-30(31)38(56)44(24-33(45)47)12-10-34(48)49/h1-2,4-9H,3,10-27H2,(H,39,46)(H,48,49)(H,50,51)(H,52,53)(H,54,55). The number of rotatable bonds is 18. The molecule has 0 spiro atoms. The number of ether oxygens (including phenoxy) is 1. The molecule has 2 heterocycles. The van der Waals surface area contributed by atoms with Gasteiger partial charge in [0.25, 0.3) is 5.91 Å². The molecule has 0 saturated carbocycles. The van der Waals surface area contributed by atoms with E-state index in [2.05, 4.69) is 5.32 Å². The third-order valence-electron chi connectivity index (χ3n) is 9.48. The van der Waals surface area contributed by atoms with Crippen molar-refractivity contribution in [1.29, 1.82) is 0 Å². The molecule has 2 aliphatic heterocycles. The van der Waals surface area contributed by atoms with Gasteiger partial charge in [-0.15, -0.1) is 0 Å². The van der Waals surface area contributed by atoms with Crippen LogP contribution in [0.1, 0.15) is 28.8 Å². The molecule has 2 aromatic carbocycles. The Labute approximate surface area is 329 Å². The van der Waals surface area contributed by atoms with Crippen LogP contribution >= 0.6 is 0 Å². The van der Waals surface area contributed by atoms with Crippen LogP contribution in [0.5, 0.6) is 5.75 Å². The summed E-state index contributed by atoms with van der Waals surface area (Å²) in [5.41, 5.74) is 1.54. The lowest BCUT2D eigenvalue weighted by molar-refractivity contribution is -0.140. The maximum atomic E-state index is 13.3. The smallest absolute Gasteiger partial charge is 0.317 e. The van der Waals surface area contributed by atoms with E-state index in [0.29, 0.717) is 62.8 Å². The summed E-state index contributed by atoms with van der Waals surface area (Å²) in [7, 11) is 0. The minimum absolute atomic E-state index is 0.00774. The molecular formula is C38H51N7O12. The first kappa shape index (κ1) is 44.1. The van der Waals surface area contributed by atoms with Gasteiger partial charge < -0.3 is 40.3 Å². The number of carbonyl (C=O) groups is 7. The molecule has 0 aromatic heterocycles. The molecule has 1 saturated heterocycles. The monoisotopic (exact) mass is 797 g/mol. The fraction of sp³-hybridized carbons (Fsp3) is 0.500. The number of carboxylic acids is 4. The number of carbonyl (C=O) groups excluding carboxylic acids is 3. The highest BCUT2D eigenvalue weighted by Crippen LogP contribution is 2.28. The van der Waals surface area contributed by atoms with E-state index in [1.807, 2.05) is 4.90 Å². The molecule has 0 radical (unpaired) electrons. The van der Waals surface area contributed by atoms with Crippen LogP contribution in [0.4, 0.5) is 5.69 Å². The Morgan fingerprint density at radius 2 is 1.16 bits per heavy atom. The van der Waals surface area contributed by atoms with Gasteiger partial charge in [-0.25, -0.2) is 0 Å². The molecule has 57 heavy (non-hydrogen) atoms. The number of benzene rings is 2. The van der Waals surface area contributed by atoms with E-state index >= 15 is 0 Å². The zero-order chi connectivity index (χ0) is 41.3. The second-order valence-corrected chi connectivity index (χ2v) is 13.8. The summed E-state index contributed by atoms with van der Waals surface area (Å²) in [4.78, 5) is 94.6. The van der Waals surface area contributed by atoms with Crippen LogP contribution in [0.15, 0.2) is 48.5 Å². The van der Waals surface area contributed by atoms with Crippen molar-refractivity contribution in [3.8, 4) is 5.75 Å². The van der Waals surface area contributed by atoms with Crippen molar-refractivity contribution in [2.45, 2.75) is 19.4 Å². The third-order valence-corrected chi connectivity index (χ3v) is 9.48. The van der Waals surface area contributed by atoms with Gasteiger partial charge in [0, 0.05) is 65.4 Å². The summed E-state index contributed by atoms with van der Waals surface area (Å²) in [6.07, 6.45) is 0.214. The predicted molar refractivity (Wildman–Crippen MR) is 204 cm³/mol. The second-order valence-electron chi connectivity index (χ2n) is 13.8. The molecule has 2 aliphatic rings. The summed E-state index contributed by atoms with van der Waals surface area (Å²) >= 11 is 0. The number of nitrogens with zero attached hydrogens (tertiary/aromatic N) is 6. The number of carboxylic acid groups (broad SMARTS) is 4. The highest BCUT2D eigenvalue weighted by atomic mass is 16.5. The fourth-order valence-electron chi connectivity index (χ4n) is 6.51. The van der Waals surface area contributed by atoms with Gasteiger partial charge in [0.2, 0.25) is 11.8 Å². The van der Waals surface area contributed by atoms with Gasteiger partial charge in [-0.3, -0.25) is 53.2 Å². The first-order valence-corrected chi connectivity index (χ1v) is 18.7. The molecule has 19 heteroatoms. The highest BCUT2D eigenvalue weighted by Gasteiger charge is 2.31. The highest BCUT2D eigenvalue weighted by molar-refractivity contribution is 6.09. The van der Waals surface area contributed by atoms with Crippen LogP contribution in [0.3, 0.4) is 0 Å². The van der Waals surface area contributed by atoms with E-state index in [1.54, 1.807) is 63.2 Å². The lowest BCUT2D eigenvalue weighted by atomic mass is 10.1. The molecule has 1 fully saturated rings. The van der Waals surface area contributed by atoms with E-state index in [-0.39, 0.29) is 90.2 Å². The van der Waals surface area contributed by atoms with E-state index in [4.69, 9.17) is 9.84 Å². The molecule has 3 amide bonds. The number of anilines is 1. The zero-order valence-corrected chi connectivity index (χ0v) is 31.8.